The van der Waals surface area contributed by atoms with Gasteiger partial charge in [-0.1, -0.05) is 34.6 Å². The number of hydrogen-bond donors (Lipinski definition) is 2. The molecule has 0 saturated heterocycles. The summed E-state index contributed by atoms with van der Waals surface area (Å²) in [6.45, 7) is 11.2. The van der Waals surface area contributed by atoms with Crippen LogP contribution in [-0.4, -0.2) is 23.2 Å². The molecule has 0 atom stereocenters. The van der Waals surface area contributed by atoms with E-state index in [9.17, 15) is 9.90 Å². The quantitative estimate of drug-likeness (QED) is 0.811. The van der Waals surface area contributed by atoms with Gasteiger partial charge in [0.15, 0.2) is 0 Å². The monoisotopic (exact) mass is 283 g/mol. The molecule has 0 spiro atoms. The van der Waals surface area contributed by atoms with Gasteiger partial charge in [-0.25, -0.2) is 0 Å². The van der Waals surface area contributed by atoms with Crippen molar-refractivity contribution in [3.8, 4) is 0 Å². The van der Waals surface area contributed by atoms with Crippen LogP contribution in [0.25, 0.3) is 0 Å². The standard InChI is InChI=1S/C17H33NO2/c1-6-17(20,7-2)12-18-15(19)13-8-10-14(11-9-13)16(3,4)5/h13-14,20H,6-12H2,1-5H3,(H,18,19). The fourth-order valence-electron chi connectivity index (χ4n) is 3.12. The molecule has 0 aliphatic heterocycles. The zero-order valence-corrected chi connectivity index (χ0v) is 14.0. The van der Waals surface area contributed by atoms with Gasteiger partial charge in [-0.15, -0.1) is 0 Å². The van der Waals surface area contributed by atoms with Crippen molar-refractivity contribution in [3.05, 3.63) is 0 Å². The van der Waals surface area contributed by atoms with Crippen LogP contribution in [0.4, 0.5) is 0 Å². The second-order valence-electron chi connectivity index (χ2n) is 7.56. The molecule has 1 rings (SSSR count). The smallest absolute Gasteiger partial charge is 0.223 e. The lowest BCUT2D eigenvalue weighted by atomic mass is 9.69. The third-order valence-electron chi connectivity index (χ3n) is 5.23. The van der Waals surface area contributed by atoms with Crippen LogP contribution in [0, 0.1) is 17.3 Å². The summed E-state index contributed by atoms with van der Waals surface area (Å²) in [4.78, 5) is 12.2. The predicted octanol–water partition coefficient (Wildman–Crippen LogP) is 3.51. The van der Waals surface area contributed by atoms with Crippen molar-refractivity contribution in [1.29, 1.82) is 0 Å². The highest BCUT2D eigenvalue weighted by Crippen LogP contribution is 2.39. The van der Waals surface area contributed by atoms with E-state index in [-0.39, 0.29) is 11.8 Å². The lowest BCUT2D eigenvalue weighted by molar-refractivity contribution is -0.127. The molecule has 1 aliphatic carbocycles. The second kappa shape index (κ2) is 6.93. The molecule has 1 fully saturated rings. The molecule has 0 heterocycles. The van der Waals surface area contributed by atoms with Crippen molar-refractivity contribution >= 4 is 5.91 Å². The molecule has 0 aromatic heterocycles. The number of nitrogens with one attached hydrogen (secondary N) is 1. The normalized spacial score (nSPS) is 24.5. The molecule has 118 valence electrons. The maximum absolute atomic E-state index is 12.2. The number of amides is 1. The van der Waals surface area contributed by atoms with E-state index in [0.717, 1.165) is 31.6 Å². The van der Waals surface area contributed by atoms with Gasteiger partial charge in [0.1, 0.15) is 0 Å². The minimum absolute atomic E-state index is 0.137. The van der Waals surface area contributed by atoms with Crippen molar-refractivity contribution in [2.24, 2.45) is 17.3 Å². The first kappa shape index (κ1) is 17.5. The van der Waals surface area contributed by atoms with Gasteiger partial charge in [-0.2, -0.15) is 0 Å². The van der Waals surface area contributed by atoms with Crippen molar-refractivity contribution in [3.63, 3.8) is 0 Å². The van der Waals surface area contributed by atoms with Crippen LogP contribution < -0.4 is 5.32 Å². The molecule has 0 radical (unpaired) electrons. The van der Waals surface area contributed by atoms with Crippen LogP contribution in [0.3, 0.4) is 0 Å². The van der Waals surface area contributed by atoms with Crippen LogP contribution >= 0.6 is 0 Å². The number of carbonyl (C=O) groups is 1. The Balaban J connectivity index is 2.40. The van der Waals surface area contributed by atoms with E-state index in [2.05, 4.69) is 26.1 Å². The van der Waals surface area contributed by atoms with Crippen molar-refractivity contribution < 1.29 is 9.90 Å². The Morgan fingerprint density at radius 3 is 2.00 bits per heavy atom. The van der Waals surface area contributed by atoms with E-state index in [1.54, 1.807) is 0 Å². The van der Waals surface area contributed by atoms with Crippen LogP contribution in [0.5, 0.6) is 0 Å². The van der Waals surface area contributed by atoms with Crippen LogP contribution in [-0.2, 0) is 4.79 Å². The largest absolute Gasteiger partial charge is 0.388 e. The highest BCUT2D eigenvalue weighted by molar-refractivity contribution is 5.78. The molecule has 3 nitrogen and oxygen atoms in total. The van der Waals surface area contributed by atoms with Crippen LogP contribution in [0.2, 0.25) is 0 Å². The summed E-state index contributed by atoms with van der Waals surface area (Å²) in [5.74, 6) is 1.01. The SMILES string of the molecule is CCC(O)(CC)CNC(=O)C1CCC(C(C)(C)C)CC1. The Morgan fingerprint density at radius 2 is 1.60 bits per heavy atom. The average molecular weight is 283 g/mol. The van der Waals surface area contributed by atoms with Gasteiger partial charge in [0.05, 0.1) is 5.60 Å². The zero-order chi connectivity index (χ0) is 15.4. The summed E-state index contributed by atoms with van der Waals surface area (Å²) < 4.78 is 0. The lowest BCUT2D eigenvalue weighted by Crippen LogP contribution is -2.44. The summed E-state index contributed by atoms with van der Waals surface area (Å²) >= 11 is 0. The third kappa shape index (κ3) is 4.76. The van der Waals surface area contributed by atoms with E-state index in [1.165, 1.54) is 0 Å². The maximum Gasteiger partial charge on any atom is 0.223 e. The van der Waals surface area contributed by atoms with E-state index in [0.29, 0.717) is 24.8 Å². The van der Waals surface area contributed by atoms with E-state index in [4.69, 9.17) is 0 Å². The molecule has 2 N–H and O–H groups in total. The Bertz CT molecular complexity index is 307. The fourth-order valence-corrected chi connectivity index (χ4v) is 3.12. The van der Waals surface area contributed by atoms with Gasteiger partial charge >= 0.3 is 0 Å². The van der Waals surface area contributed by atoms with Gasteiger partial charge in [0.2, 0.25) is 5.91 Å². The molecule has 3 heteroatoms. The number of carbonyl (C=O) groups excluding carboxylic acids is 1. The molecule has 1 amide bonds. The molecular formula is C17H33NO2. The fraction of sp³-hybridized carbons (Fsp3) is 0.941. The van der Waals surface area contributed by atoms with Gasteiger partial charge in [0, 0.05) is 12.5 Å². The lowest BCUT2D eigenvalue weighted by Gasteiger charge is -2.36. The summed E-state index contributed by atoms with van der Waals surface area (Å²) in [6, 6.07) is 0. The first-order chi connectivity index (χ1) is 9.22. The third-order valence-corrected chi connectivity index (χ3v) is 5.23. The summed E-state index contributed by atoms with van der Waals surface area (Å²) in [5, 5.41) is 13.2. The summed E-state index contributed by atoms with van der Waals surface area (Å²) in [5.41, 5.74) is -0.385. The van der Waals surface area contributed by atoms with Gasteiger partial charge < -0.3 is 10.4 Å². The van der Waals surface area contributed by atoms with Gasteiger partial charge in [-0.05, 0) is 49.9 Å². The molecule has 0 bridgehead atoms. The minimum atomic E-state index is -0.738. The Hall–Kier alpha value is -0.570. The maximum atomic E-state index is 12.2. The first-order valence-corrected chi connectivity index (χ1v) is 8.22. The van der Waals surface area contributed by atoms with Crippen molar-refractivity contribution in [1.82, 2.24) is 5.32 Å². The summed E-state index contributed by atoms with van der Waals surface area (Å²) in [7, 11) is 0. The highest BCUT2D eigenvalue weighted by atomic mass is 16.3. The Labute approximate surface area is 124 Å². The zero-order valence-electron chi connectivity index (χ0n) is 14.0. The van der Waals surface area contributed by atoms with Crippen molar-refractivity contribution in [2.45, 2.75) is 78.7 Å². The molecule has 20 heavy (non-hydrogen) atoms. The molecule has 1 saturated carbocycles. The first-order valence-electron chi connectivity index (χ1n) is 8.22. The van der Waals surface area contributed by atoms with E-state index < -0.39 is 5.60 Å². The van der Waals surface area contributed by atoms with Crippen LogP contribution in [0.15, 0.2) is 0 Å². The minimum Gasteiger partial charge on any atom is -0.388 e. The molecule has 1 aliphatic rings. The number of hydrogen-bond acceptors (Lipinski definition) is 2. The van der Waals surface area contributed by atoms with E-state index in [1.807, 2.05) is 13.8 Å². The van der Waals surface area contributed by atoms with Gasteiger partial charge in [-0.3, -0.25) is 4.79 Å². The average Bonchev–Trinajstić information content (AvgIpc) is 2.43. The molecular weight excluding hydrogens is 250 g/mol. The van der Waals surface area contributed by atoms with Crippen LogP contribution in [0.1, 0.15) is 73.1 Å². The van der Waals surface area contributed by atoms with Gasteiger partial charge in [0.25, 0.3) is 0 Å². The predicted molar refractivity (Wildman–Crippen MR) is 83.4 cm³/mol. The van der Waals surface area contributed by atoms with E-state index >= 15 is 0 Å². The van der Waals surface area contributed by atoms with Crippen molar-refractivity contribution in [2.75, 3.05) is 6.54 Å². The number of aliphatic hydroxyl groups is 1. The number of rotatable bonds is 5. The summed E-state index contributed by atoms with van der Waals surface area (Å²) in [6.07, 6.45) is 5.64. The highest BCUT2D eigenvalue weighted by Gasteiger charge is 2.33. The molecule has 0 aromatic carbocycles. The second-order valence-corrected chi connectivity index (χ2v) is 7.56. The Kier molecular flexibility index (Phi) is 6.06. The molecule has 0 aromatic rings. The Morgan fingerprint density at radius 1 is 1.10 bits per heavy atom. The topological polar surface area (TPSA) is 49.3 Å². The molecule has 0 unspecified atom stereocenters.